The van der Waals surface area contributed by atoms with Crippen molar-refractivity contribution >= 4 is 11.6 Å². The van der Waals surface area contributed by atoms with Gasteiger partial charge in [-0.25, -0.2) is 0 Å². The first-order valence-corrected chi connectivity index (χ1v) is 6.67. The average molecular weight is 251 g/mol. The first kappa shape index (κ1) is 12.0. The zero-order chi connectivity index (χ0) is 13.2. The van der Waals surface area contributed by atoms with Crippen molar-refractivity contribution in [3.63, 3.8) is 0 Å². The van der Waals surface area contributed by atoms with Crippen LogP contribution < -0.4 is 5.32 Å². The molecule has 2 nitrogen and oxygen atoms in total. The highest BCUT2D eigenvalue weighted by molar-refractivity contribution is 5.93. The molecule has 19 heavy (non-hydrogen) atoms. The lowest BCUT2D eigenvalue weighted by atomic mass is 10.1. The van der Waals surface area contributed by atoms with E-state index < -0.39 is 0 Å². The molecule has 96 valence electrons. The summed E-state index contributed by atoms with van der Waals surface area (Å²) in [6, 6.07) is 16.3. The Balaban J connectivity index is 1.70. The van der Waals surface area contributed by atoms with Crippen molar-refractivity contribution in [3.8, 4) is 0 Å². The van der Waals surface area contributed by atoms with Gasteiger partial charge in [-0.15, -0.1) is 0 Å². The quantitative estimate of drug-likeness (QED) is 0.871. The molecular weight excluding hydrogens is 234 g/mol. The zero-order valence-corrected chi connectivity index (χ0v) is 11.0. The van der Waals surface area contributed by atoms with E-state index in [9.17, 15) is 4.79 Å². The maximum Gasteiger partial charge on any atom is 0.228 e. The highest BCUT2D eigenvalue weighted by Gasteiger charge is 2.26. The van der Waals surface area contributed by atoms with Crippen molar-refractivity contribution in [3.05, 3.63) is 65.2 Å². The van der Waals surface area contributed by atoms with E-state index in [1.807, 2.05) is 43.3 Å². The summed E-state index contributed by atoms with van der Waals surface area (Å²) in [6.45, 7) is 2.03. The minimum Gasteiger partial charge on any atom is -0.326 e. The molecular formula is C17H17NO. The van der Waals surface area contributed by atoms with E-state index in [1.54, 1.807) is 0 Å². The fourth-order valence-electron chi connectivity index (χ4n) is 2.71. The van der Waals surface area contributed by atoms with Crippen LogP contribution in [-0.2, 0) is 17.6 Å². The molecule has 0 spiro atoms. The van der Waals surface area contributed by atoms with Crippen molar-refractivity contribution in [1.82, 2.24) is 0 Å². The van der Waals surface area contributed by atoms with Gasteiger partial charge in [-0.1, -0.05) is 36.4 Å². The largest absolute Gasteiger partial charge is 0.326 e. The number of hydrogen-bond acceptors (Lipinski definition) is 1. The fraction of sp³-hybridized carbons (Fsp3) is 0.235. The molecule has 2 heteroatoms. The molecule has 0 radical (unpaired) electrons. The lowest BCUT2D eigenvalue weighted by molar-refractivity contribution is -0.119. The second-order valence-corrected chi connectivity index (χ2v) is 5.23. The number of carbonyl (C=O) groups excluding carboxylic acids is 1. The minimum atomic E-state index is 0.0675. The lowest BCUT2D eigenvalue weighted by Gasteiger charge is -2.10. The Hall–Kier alpha value is -2.09. The van der Waals surface area contributed by atoms with Gasteiger partial charge in [0, 0.05) is 11.6 Å². The standard InChI is InChI=1S/C17H17NO/c1-12-5-4-8-16(9-12)18-17(19)15-10-13-6-2-3-7-14(13)11-15/h2-9,15H,10-11H2,1H3,(H,18,19). The van der Waals surface area contributed by atoms with Crippen LogP contribution in [0.15, 0.2) is 48.5 Å². The molecule has 0 aliphatic heterocycles. The van der Waals surface area contributed by atoms with Crippen molar-refractivity contribution in [2.45, 2.75) is 19.8 Å². The summed E-state index contributed by atoms with van der Waals surface area (Å²) in [5.41, 5.74) is 4.67. The molecule has 3 rings (SSSR count). The van der Waals surface area contributed by atoms with Crippen LogP contribution in [0.25, 0.3) is 0 Å². The third kappa shape index (κ3) is 2.53. The first-order chi connectivity index (χ1) is 9.22. The van der Waals surface area contributed by atoms with E-state index in [0.29, 0.717) is 0 Å². The molecule has 1 aliphatic carbocycles. The monoisotopic (exact) mass is 251 g/mol. The average Bonchev–Trinajstić information content (AvgIpc) is 2.82. The molecule has 0 aromatic heterocycles. The highest BCUT2D eigenvalue weighted by atomic mass is 16.1. The molecule has 0 saturated heterocycles. The second kappa shape index (κ2) is 4.88. The van der Waals surface area contributed by atoms with E-state index in [1.165, 1.54) is 11.1 Å². The Bertz CT molecular complexity index is 593. The molecule has 1 amide bonds. The predicted octanol–water partition coefficient (Wildman–Crippen LogP) is 3.35. The van der Waals surface area contributed by atoms with Crippen LogP contribution in [0.3, 0.4) is 0 Å². The summed E-state index contributed by atoms with van der Waals surface area (Å²) in [5, 5.41) is 3.02. The third-order valence-corrected chi connectivity index (χ3v) is 3.71. The van der Waals surface area contributed by atoms with Gasteiger partial charge in [0.1, 0.15) is 0 Å². The Labute approximate surface area is 113 Å². The van der Waals surface area contributed by atoms with Gasteiger partial charge in [-0.05, 0) is 48.6 Å². The van der Waals surface area contributed by atoms with E-state index in [2.05, 4.69) is 17.4 Å². The number of aryl methyl sites for hydroxylation is 1. The van der Waals surface area contributed by atoms with Gasteiger partial charge >= 0.3 is 0 Å². The molecule has 2 aromatic carbocycles. The second-order valence-electron chi connectivity index (χ2n) is 5.23. The highest BCUT2D eigenvalue weighted by Crippen LogP contribution is 2.27. The third-order valence-electron chi connectivity index (χ3n) is 3.71. The SMILES string of the molecule is Cc1cccc(NC(=O)C2Cc3ccccc3C2)c1. The number of fused-ring (bicyclic) bond motifs is 1. The van der Waals surface area contributed by atoms with Gasteiger partial charge in [-0.3, -0.25) is 4.79 Å². The summed E-state index contributed by atoms with van der Waals surface area (Å²) in [5.74, 6) is 0.194. The first-order valence-electron chi connectivity index (χ1n) is 6.67. The topological polar surface area (TPSA) is 29.1 Å². The number of carbonyl (C=O) groups is 1. The minimum absolute atomic E-state index is 0.0675. The summed E-state index contributed by atoms with van der Waals surface area (Å²) in [4.78, 5) is 12.3. The van der Waals surface area contributed by atoms with Gasteiger partial charge in [0.05, 0.1) is 0 Å². The Morgan fingerprint density at radius 1 is 1.05 bits per heavy atom. The number of benzene rings is 2. The Morgan fingerprint density at radius 2 is 1.74 bits per heavy atom. The maximum absolute atomic E-state index is 12.3. The van der Waals surface area contributed by atoms with Gasteiger partial charge < -0.3 is 5.32 Å². The summed E-state index contributed by atoms with van der Waals surface area (Å²) < 4.78 is 0. The lowest BCUT2D eigenvalue weighted by Crippen LogP contribution is -2.23. The Morgan fingerprint density at radius 3 is 2.37 bits per heavy atom. The molecule has 0 unspecified atom stereocenters. The van der Waals surface area contributed by atoms with E-state index >= 15 is 0 Å². The normalized spacial score (nSPS) is 14.2. The van der Waals surface area contributed by atoms with Crippen molar-refractivity contribution in [2.75, 3.05) is 5.32 Å². The van der Waals surface area contributed by atoms with Crippen LogP contribution in [0.1, 0.15) is 16.7 Å². The van der Waals surface area contributed by atoms with Crippen molar-refractivity contribution < 1.29 is 4.79 Å². The summed E-state index contributed by atoms with van der Waals surface area (Å²) in [7, 11) is 0. The van der Waals surface area contributed by atoms with Crippen LogP contribution in [0.2, 0.25) is 0 Å². The fourth-order valence-corrected chi connectivity index (χ4v) is 2.71. The van der Waals surface area contributed by atoms with E-state index in [0.717, 1.165) is 24.1 Å². The number of rotatable bonds is 2. The zero-order valence-electron chi connectivity index (χ0n) is 11.0. The molecule has 0 heterocycles. The summed E-state index contributed by atoms with van der Waals surface area (Å²) >= 11 is 0. The van der Waals surface area contributed by atoms with Gasteiger partial charge in [0.15, 0.2) is 0 Å². The van der Waals surface area contributed by atoms with Crippen molar-refractivity contribution in [1.29, 1.82) is 0 Å². The predicted molar refractivity (Wildman–Crippen MR) is 77.1 cm³/mol. The molecule has 0 fully saturated rings. The van der Waals surface area contributed by atoms with Crippen LogP contribution in [-0.4, -0.2) is 5.91 Å². The van der Waals surface area contributed by atoms with Gasteiger partial charge in [0.2, 0.25) is 5.91 Å². The van der Waals surface area contributed by atoms with Crippen LogP contribution in [0, 0.1) is 12.8 Å². The molecule has 1 N–H and O–H groups in total. The van der Waals surface area contributed by atoms with Crippen molar-refractivity contribution in [2.24, 2.45) is 5.92 Å². The van der Waals surface area contributed by atoms with Crippen LogP contribution in [0.4, 0.5) is 5.69 Å². The van der Waals surface area contributed by atoms with Gasteiger partial charge in [-0.2, -0.15) is 0 Å². The molecule has 2 aromatic rings. The van der Waals surface area contributed by atoms with Gasteiger partial charge in [0.25, 0.3) is 0 Å². The smallest absolute Gasteiger partial charge is 0.228 e. The van der Waals surface area contributed by atoms with E-state index in [4.69, 9.17) is 0 Å². The number of anilines is 1. The number of amides is 1. The number of nitrogens with one attached hydrogen (secondary N) is 1. The molecule has 1 aliphatic rings. The molecule has 0 atom stereocenters. The molecule has 0 bridgehead atoms. The number of hydrogen-bond donors (Lipinski definition) is 1. The molecule has 0 saturated carbocycles. The van der Waals surface area contributed by atoms with Crippen LogP contribution >= 0.6 is 0 Å². The maximum atomic E-state index is 12.3. The van der Waals surface area contributed by atoms with E-state index in [-0.39, 0.29) is 11.8 Å². The Kier molecular flexibility index (Phi) is 3.08. The van der Waals surface area contributed by atoms with Crippen LogP contribution in [0.5, 0.6) is 0 Å². The summed E-state index contributed by atoms with van der Waals surface area (Å²) in [6.07, 6.45) is 1.71.